The Bertz CT molecular complexity index is 2730. The van der Waals surface area contributed by atoms with Crippen molar-refractivity contribution in [2.75, 3.05) is 0 Å². The minimum atomic E-state index is 0.725. The second kappa shape index (κ2) is 8.67. The van der Waals surface area contributed by atoms with Crippen LogP contribution in [0, 0.1) is 0 Å². The molecule has 43 heavy (non-hydrogen) atoms. The first kappa shape index (κ1) is 23.4. The molecule has 0 aliphatic rings. The minimum Gasteiger partial charge on any atom is -0.292 e. The van der Waals surface area contributed by atoms with Gasteiger partial charge in [0.05, 0.1) is 31.5 Å². The molecule has 4 nitrogen and oxygen atoms in total. The van der Waals surface area contributed by atoms with E-state index < -0.39 is 0 Å². The van der Waals surface area contributed by atoms with Crippen molar-refractivity contribution < 1.29 is 0 Å². The van der Waals surface area contributed by atoms with Crippen LogP contribution in [0.4, 0.5) is 0 Å². The summed E-state index contributed by atoms with van der Waals surface area (Å²) in [6.07, 6.45) is 2.06. The van der Waals surface area contributed by atoms with Crippen LogP contribution in [0.25, 0.3) is 90.4 Å². The Morgan fingerprint density at radius 1 is 0.488 bits per heavy atom. The van der Waals surface area contributed by atoms with Gasteiger partial charge in [0.25, 0.3) is 0 Å². The first-order valence-corrected chi connectivity index (χ1v) is 15.8. The summed E-state index contributed by atoms with van der Waals surface area (Å²) in [7, 11) is 0. The van der Waals surface area contributed by atoms with Crippen molar-refractivity contribution in [1.29, 1.82) is 0 Å². The van der Waals surface area contributed by atoms with E-state index in [0.29, 0.717) is 0 Å². The first-order valence-electron chi connectivity index (χ1n) is 14.2. The highest BCUT2D eigenvalue weighted by atomic mass is 32.1. The number of rotatable bonds is 2. The topological polar surface area (TPSA) is 43.6 Å². The Hall–Kier alpha value is -5.17. The van der Waals surface area contributed by atoms with Crippen molar-refractivity contribution in [2.45, 2.75) is 0 Å². The summed E-state index contributed by atoms with van der Waals surface area (Å²) in [5, 5.41) is 7.10. The monoisotopic (exact) mass is 584 g/mol. The van der Waals surface area contributed by atoms with Gasteiger partial charge in [-0.15, -0.1) is 22.7 Å². The Morgan fingerprint density at radius 2 is 1.16 bits per heavy atom. The Balaban J connectivity index is 1.41. The number of para-hydroxylation sites is 1. The third-order valence-electron chi connectivity index (χ3n) is 8.46. The van der Waals surface area contributed by atoms with Gasteiger partial charge in [0.15, 0.2) is 11.6 Å². The predicted molar refractivity (Wildman–Crippen MR) is 183 cm³/mol. The van der Waals surface area contributed by atoms with E-state index in [0.717, 1.165) is 65.5 Å². The number of pyridine rings is 1. The van der Waals surface area contributed by atoms with Crippen LogP contribution in [0.2, 0.25) is 0 Å². The molecule has 0 atom stereocenters. The SMILES string of the molecule is c1ccc(-c2nc(-n3c4ccccc4c4cnc5c(ccc6c7ccccc7sc65)c43)c3sc4ccccc4c3n2)cc1. The molecule has 5 heterocycles. The lowest BCUT2D eigenvalue weighted by molar-refractivity contribution is 1.08. The smallest absolute Gasteiger partial charge is 0.162 e. The fourth-order valence-electron chi connectivity index (χ4n) is 6.55. The van der Waals surface area contributed by atoms with Crippen molar-refractivity contribution in [2.24, 2.45) is 0 Å². The highest BCUT2D eigenvalue weighted by molar-refractivity contribution is 7.27. The molecule has 200 valence electrons. The Morgan fingerprint density at radius 3 is 2.02 bits per heavy atom. The minimum absolute atomic E-state index is 0.725. The highest BCUT2D eigenvalue weighted by Crippen LogP contribution is 2.44. The maximum absolute atomic E-state index is 5.36. The van der Waals surface area contributed by atoms with Crippen LogP contribution in [0.5, 0.6) is 0 Å². The molecule has 5 aromatic carbocycles. The molecule has 6 heteroatoms. The number of thiophene rings is 2. The fraction of sp³-hybridized carbons (Fsp3) is 0. The van der Waals surface area contributed by atoms with E-state index in [1.807, 2.05) is 29.5 Å². The van der Waals surface area contributed by atoms with Gasteiger partial charge in [0, 0.05) is 53.5 Å². The van der Waals surface area contributed by atoms with Crippen LogP contribution in [0.3, 0.4) is 0 Å². The summed E-state index contributed by atoms with van der Waals surface area (Å²) in [5.74, 6) is 1.63. The normalized spacial score (nSPS) is 12.2. The lowest BCUT2D eigenvalue weighted by Crippen LogP contribution is -2.02. The molecular formula is C37H20N4S2. The zero-order valence-corrected chi connectivity index (χ0v) is 24.3. The summed E-state index contributed by atoms with van der Waals surface area (Å²) in [5.41, 5.74) is 5.25. The van der Waals surface area contributed by atoms with Gasteiger partial charge in [0.2, 0.25) is 0 Å². The third-order valence-corrected chi connectivity index (χ3v) is 10.8. The van der Waals surface area contributed by atoms with E-state index >= 15 is 0 Å². The molecule has 0 aliphatic carbocycles. The van der Waals surface area contributed by atoms with Gasteiger partial charge in [-0.2, -0.15) is 0 Å². The number of fused-ring (bicyclic) bond motifs is 12. The number of nitrogens with zero attached hydrogens (tertiary/aromatic N) is 4. The van der Waals surface area contributed by atoms with E-state index in [9.17, 15) is 0 Å². The molecule has 0 saturated heterocycles. The molecule has 10 rings (SSSR count). The van der Waals surface area contributed by atoms with Crippen molar-refractivity contribution in [1.82, 2.24) is 19.5 Å². The summed E-state index contributed by atoms with van der Waals surface area (Å²) in [4.78, 5) is 15.6. The van der Waals surface area contributed by atoms with Gasteiger partial charge in [-0.1, -0.05) is 91.0 Å². The number of hydrogen-bond donors (Lipinski definition) is 0. The number of hydrogen-bond acceptors (Lipinski definition) is 5. The van der Waals surface area contributed by atoms with Crippen molar-refractivity contribution in [3.05, 3.63) is 121 Å². The van der Waals surface area contributed by atoms with Gasteiger partial charge >= 0.3 is 0 Å². The maximum atomic E-state index is 5.36. The lowest BCUT2D eigenvalue weighted by Gasteiger charge is -2.12. The van der Waals surface area contributed by atoms with Gasteiger partial charge in [-0.25, -0.2) is 9.97 Å². The molecule has 0 amide bonds. The summed E-state index contributed by atoms with van der Waals surface area (Å²) < 4.78 is 7.15. The van der Waals surface area contributed by atoms with E-state index in [1.54, 1.807) is 11.3 Å². The van der Waals surface area contributed by atoms with Gasteiger partial charge in [0.1, 0.15) is 0 Å². The van der Waals surface area contributed by atoms with E-state index in [4.69, 9.17) is 15.0 Å². The molecule has 10 aromatic rings. The maximum Gasteiger partial charge on any atom is 0.162 e. The first-order chi connectivity index (χ1) is 21.3. The predicted octanol–water partition coefficient (Wildman–Crippen LogP) is 10.5. The summed E-state index contributed by atoms with van der Waals surface area (Å²) >= 11 is 3.58. The molecule has 0 spiro atoms. The van der Waals surface area contributed by atoms with Gasteiger partial charge in [-0.3, -0.25) is 9.55 Å². The van der Waals surface area contributed by atoms with Crippen LogP contribution in [0.1, 0.15) is 0 Å². The third kappa shape index (κ3) is 3.22. The van der Waals surface area contributed by atoms with Crippen LogP contribution >= 0.6 is 22.7 Å². The Labute approximate surface area is 253 Å². The summed E-state index contributed by atoms with van der Waals surface area (Å²) in [6, 6.07) is 40.6. The molecule has 0 saturated carbocycles. The Kier molecular flexibility index (Phi) is 4.72. The average molecular weight is 585 g/mol. The molecule has 0 N–H and O–H groups in total. The molecule has 5 aromatic heterocycles. The molecule has 0 fully saturated rings. The van der Waals surface area contributed by atoms with Crippen LogP contribution < -0.4 is 0 Å². The lowest BCUT2D eigenvalue weighted by atomic mass is 10.1. The molecule has 0 radical (unpaired) electrons. The van der Waals surface area contributed by atoms with Crippen molar-refractivity contribution in [3.8, 4) is 17.2 Å². The highest BCUT2D eigenvalue weighted by Gasteiger charge is 2.23. The van der Waals surface area contributed by atoms with Crippen molar-refractivity contribution in [3.63, 3.8) is 0 Å². The van der Waals surface area contributed by atoms with Crippen LogP contribution in [0.15, 0.2) is 121 Å². The van der Waals surface area contributed by atoms with Gasteiger partial charge in [-0.05, 0) is 24.3 Å². The van der Waals surface area contributed by atoms with Crippen molar-refractivity contribution >= 4 is 95.9 Å². The van der Waals surface area contributed by atoms with Gasteiger partial charge < -0.3 is 0 Å². The molecule has 0 bridgehead atoms. The van der Waals surface area contributed by atoms with E-state index in [2.05, 4.69) is 108 Å². The number of aromatic nitrogens is 4. The van der Waals surface area contributed by atoms with E-state index in [-0.39, 0.29) is 0 Å². The van der Waals surface area contributed by atoms with E-state index in [1.165, 1.54) is 24.9 Å². The zero-order chi connectivity index (χ0) is 28.1. The van der Waals surface area contributed by atoms with Crippen LogP contribution in [-0.4, -0.2) is 19.5 Å². The molecule has 0 aliphatic heterocycles. The average Bonchev–Trinajstić information content (AvgIpc) is 3.74. The second-order valence-electron chi connectivity index (χ2n) is 10.8. The van der Waals surface area contributed by atoms with Crippen LogP contribution in [-0.2, 0) is 0 Å². The summed E-state index contributed by atoms with van der Waals surface area (Å²) in [6.45, 7) is 0. The molecule has 0 unspecified atom stereocenters. The standard InChI is InChI=1S/C37H20N4S2/c1-2-10-21(11-3-1)36-39-32-25-14-6-9-17-30(25)43-35(32)37(40-36)41-28-15-7-4-12-22(28)27-20-38-31-26(33(27)41)19-18-24-23-13-5-8-16-29(23)42-34(24)31/h1-20H. The number of benzene rings is 5. The second-order valence-corrected chi connectivity index (χ2v) is 12.9. The largest absolute Gasteiger partial charge is 0.292 e. The zero-order valence-electron chi connectivity index (χ0n) is 22.7. The fourth-order valence-corrected chi connectivity index (χ4v) is 8.87. The quantitative estimate of drug-likeness (QED) is 0.203. The molecular weight excluding hydrogens is 565 g/mol.